The number of carbonyl (C=O) groups excluding carboxylic acids is 2. The van der Waals surface area contributed by atoms with Gasteiger partial charge in [-0.15, -0.1) is 0 Å². The van der Waals surface area contributed by atoms with Crippen molar-refractivity contribution in [2.24, 2.45) is 0 Å². The second-order valence-electron chi connectivity index (χ2n) is 6.02. The van der Waals surface area contributed by atoms with Gasteiger partial charge in [0.2, 0.25) is 5.76 Å². The van der Waals surface area contributed by atoms with E-state index in [9.17, 15) is 18.0 Å². The lowest BCUT2D eigenvalue weighted by atomic mass is 10.3. The van der Waals surface area contributed by atoms with Crippen molar-refractivity contribution in [1.29, 1.82) is 0 Å². The zero-order valence-corrected chi connectivity index (χ0v) is 15.7. The van der Waals surface area contributed by atoms with Crippen molar-refractivity contribution in [2.45, 2.75) is 30.5 Å². The molecular weight excluding hydrogens is 358 g/mol. The average Bonchev–Trinajstić information content (AvgIpc) is 3.06. The van der Waals surface area contributed by atoms with Crippen molar-refractivity contribution < 1.29 is 27.2 Å². The summed E-state index contributed by atoms with van der Waals surface area (Å²) in [5.74, 6) is -1.86. The molecule has 0 aliphatic rings. The Balaban J connectivity index is 2.08. The molecule has 1 aromatic heterocycles. The lowest BCUT2D eigenvalue weighted by Crippen LogP contribution is -2.36. The average molecular weight is 379 g/mol. The molecule has 26 heavy (non-hydrogen) atoms. The predicted octanol–water partition coefficient (Wildman–Crippen LogP) is 2.28. The molecule has 0 spiro atoms. The predicted molar refractivity (Wildman–Crippen MR) is 94.2 cm³/mol. The van der Waals surface area contributed by atoms with Crippen LogP contribution in [-0.2, 0) is 25.1 Å². The van der Waals surface area contributed by atoms with Crippen LogP contribution in [0.1, 0.15) is 30.0 Å². The molecule has 0 saturated carbocycles. The van der Waals surface area contributed by atoms with Crippen LogP contribution in [-0.4, -0.2) is 44.9 Å². The van der Waals surface area contributed by atoms with Crippen LogP contribution in [0, 0.1) is 0 Å². The van der Waals surface area contributed by atoms with Gasteiger partial charge in [0.15, 0.2) is 16.4 Å². The van der Waals surface area contributed by atoms with E-state index in [0.717, 1.165) is 0 Å². The van der Waals surface area contributed by atoms with Crippen molar-refractivity contribution in [1.82, 2.24) is 4.90 Å². The molecule has 0 fully saturated rings. The molecule has 1 amide bonds. The zero-order chi connectivity index (χ0) is 19.3. The third kappa shape index (κ3) is 4.72. The number of hydrogen-bond donors (Lipinski definition) is 0. The standard InChI is InChI=1S/C18H21NO6S/c1-13(2)19(3)16(20)11-25-18(21)17-14(9-10-24-17)12-26(22,23)15-7-5-4-6-8-15/h4-10,13H,11-12H2,1-3H3. The van der Waals surface area contributed by atoms with Crippen LogP contribution < -0.4 is 0 Å². The number of carbonyl (C=O) groups is 2. The van der Waals surface area contributed by atoms with Crippen molar-refractivity contribution in [2.75, 3.05) is 13.7 Å². The number of ether oxygens (including phenoxy) is 1. The molecule has 0 N–H and O–H groups in total. The fraction of sp³-hybridized carbons (Fsp3) is 0.333. The number of nitrogens with zero attached hydrogens (tertiary/aromatic N) is 1. The van der Waals surface area contributed by atoms with Gasteiger partial charge in [-0.3, -0.25) is 4.79 Å². The molecule has 2 aromatic rings. The van der Waals surface area contributed by atoms with Gasteiger partial charge >= 0.3 is 5.97 Å². The van der Waals surface area contributed by atoms with Gasteiger partial charge in [0.05, 0.1) is 16.9 Å². The fourth-order valence-electron chi connectivity index (χ4n) is 2.13. The highest BCUT2D eigenvalue weighted by Crippen LogP contribution is 2.20. The first-order valence-electron chi connectivity index (χ1n) is 7.99. The van der Waals surface area contributed by atoms with Crippen LogP contribution in [0.5, 0.6) is 0 Å². The number of esters is 1. The summed E-state index contributed by atoms with van der Waals surface area (Å²) in [5.41, 5.74) is 0.184. The third-order valence-electron chi connectivity index (χ3n) is 3.87. The van der Waals surface area contributed by atoms with Crippen LogP contribution in [0.2, 0.25) is 0 Å². The Labute approximate surface area is 152 Å². The van der Waals surface area contributed by atoms with Gasteiger partial charge in [0.1, 0.15) is 0 Å². The van der Waals surface area contributed by atoms with E-state index in [2.05, 4.69) is 0 Å². The van der Waals surface area contributed by atoms with Crippen molar-refractivity contribution in [3.05, 3.63) is 54.0 Å². The van der Waals surface area contributed by atoms with Crippen LogP contribution in [0.25, 0.3) is 0 Å². The Morgan fingerprint density at radius 2 is 1.81 bits per heavy atom. The number of hydrogen-bond acceptors (Lipinski definition) is 6. The maximum Gasteiger partial charge on any atom is 0.375 e. The molecule has 0 unspecified atom stereocenters. The number of amides is 1. The number of likely N-dealkylation sites (N-methyl/N-ethyl adjacent to an activating group) is 1. The molecule has 0 aliphatic carbocycles. The quantitative estimate of drug-likeness (QED) is 0.685. The first-order chi connectivity index (χ1) is 12.2. The summed E-state index contributed by atoms with van der Waals surface area (Å²) in [6.07, 6.45) is 1.22. The van der Waals surface area contributed by atoms with Gasteiger partial charge in [-0.2, -0.15) is 0 Å². The highest BCUT2D eigenvalue weighted by atomic mass is 32.2. The molecule has 8 heteroatoms. The monoisotopic (exact) mass is 379 g/mol. The normalized spacial score (nSPS) is 11.4. The SMILES string of the molecule is CC(C)N(C)C(=O)COC(=O)c1occc1CS(=O)(=O)c1ccccc1. The van der Waals surface area contributed by atoms with E-state index < -0.39 is 28.2 Å². The number of furan rings is 1. The third-order valence-corrected chi connectivity index (χ3v) is 5.56. The van der Waals surface area contributed by atoms with Gasteiger partial charge in [-0.05, 0) is 32.0 Å². The topological polar surface area (TPSA) is 93.9 Å². The van der Waals surface area contributed by atoms with Gasteiger partial charge < -0.3 is 14.1 Å². The summed E-state index contributed by atoms with van der Waals surface area (Å²) >= 11 is 0. The molecule has 1 heterocycles. The first-order valence-corrected chi connectivity index (χ1v) is 9.64. The molecular formula is C18H21NO6S. The van der Waals surface area contributed by atoms with E-state index in [-0.39, 0.29) is 28.2 Å². The zero-order valence-electron chi connectivity index (χ0n) is 14.8. The van der Waals surface area contributed by atoms with Gasteiger partial charge in [0.25, 0.3) is 5.91 Å². The largest absolute Gasteiger partial charge is 0.457 e. The van der Waals surface area contributed by atoms with Gasteiger partial charge in [-0.25, -0.2) is 13.2 Å². The van der Waals surface area contributed by atoms with Gasteiger partial charge in [-0.1, -0.05) is 18.2 Å². The van der Waals surface area contributed by atoms with Crippen LogP contribution in [0.3, 0.4) is 0 Å². The summed E-state index contributed by atoms with van der Waals surface area (Å²) in [7, 11) is -2.04. The van der Waals surface area contributed by atoms with E-state index in [1.54, 1.807) is 25.2 Å². The second-order valence-corrected chi connectivity index (χ2v) is 8.01. The Morgan fingerprint density at radius 1 is 1.15 bits per heavy atom. The molecule has 1 aromatic carbocycles. The van der Waals surface area contributed by atoms with Crippen LogP contribution >= 0.6 is 0 Å². The van der Waals surface area contributed by atoms with E-state index >= 15 is 0 Å². The van der Waals surface area contributed by atoms with Gasteiger partial charge in [0, 0.05) is 18.7 Å². The molecule has 0 bridgehead atoms. The van der Waals surface area contributed by atoms with E-state index in [4.69, 9.17) is 9.15 Å². The molecule has 140 valence electrons. The summed E-state index contributed by atoms with van der Waals surface area (Å²) in [4.78, 5) is 25.6. The Hall–Kier alpha value is -2.61. The highest BCUT2D eigenvalue weighted by Gasteiger charge is 2.24. The Bertz CT molecular complexity index is 870. The minimum absolute atomic E-state index is 0.0311. The smallest absolute Gasteiger partial charge is 0.375 e. The summed E-state index contributed by atoms with van der Waals surface area (Å²) in [5, 5.41) is 0. The Morgan fingerprint density at radius 3 is 2.42 bits per heavy atom. The van der Waals surface area contributed by atoms with Crippen molar-refractivity contribution in [3.63, 3.8) is 0 Å². The summed E-state index contributed by atoms with van der Waals surface area (Å²) < 4.78 is 34.9. The molecule has 7 nitrogen and oxygen atoms in total. The minimum atomic E-state index is -3.64. The van der Waals surface area contributed by atoms with Crippen LogP contribution in [0.15, 0.2) is 52.0 Å². The molecule has 0 radical (unpaired) electrons. The highest BCUT2D eigenvalue weighted by molar-refractivity contribution is 7.90. The molecule has 0 atom stereocenters. The number of benzene rings is 1. The maximum atomic E-state index is 12.5. The van der Waals surface area contributed by atoms with Crippen molar-refractivity contribution in [3.8, 4) is 0 Å². The second kappa shape index (κ2) is 8.18. The molecule has 0 aliphatic heterocycles. The number of sulfone groups is 1. The maximum absolute atomic E-state index is 12.5. The minimum Gasteiger partial charge on any atom is -0.457 e. The lowest BCUT2D eigenvalue weighted by molar-refractivity contribution is -0.134. The van der Waals surface area contributed by atoms with Crippen molar-refractivity contribution >= 4 is 21.7 Å². The first kappa shape index (κ1) is 19.7. The Kier molecular flexibility index (Phi) is 6.20. The van der Waals surface area contributed by atoms with Crippen LogP contribution in [0.4, 0.5) is 0 Å². The fourth-order valence-corrected chi connectivity index (χ4v) is 3.50. The lowest BCUT2D eigenvalue weighted by Gasteiger charge is -2.20. The summed E-state index contributed by atoms with van der Waals surface area (Å²) in [6, 6.07) is 9.28. The van der Waals surface area contributed by atoms with E-state index in [1.807, 2.05) is 13.8 Å². The van der Waals surface area contributed by atoms with E-state index in [1.165, 1.54) is 29.4 Å². The van der Waals surface area contributed by atoms with E-state index in [0.29, 0.717) is 0 Å². The molecule has 2 rings (SSSR count). The molecule has 0 saturated heterocycles. The number of rotatable bonds is 7. The summed E-state index contributed by atoms with van der Waals surface area (Å²) in [6.45, 7) is 3.22.